The average Bonchev–Trinajstić information content (AvgIpc) is 2.58. The van der Waals surface area contributed by atoms with Crippen molar-refractivity contribution in [3.05, 3.63) is 18.0 Å². The van der Waals surface area contributed by atoms with Crippen LogP contribution in [-0.2, 0) is 13.6 Å². The zero-order valence-corrected chi connectivity index (χ0v) is 10.2. The lowest BCUT2D eigenvalue weighted by atomic mass is 10.2. The van der Waals surface area contributed by atoms with E-state index in [-0.39, 0.29) is 0 Å². The Hall–Kier alpha value is -0.870. The van der Waals surface area contributed by atoms with E-state index in [1.807, 2.05) is 24.0 Å². The van der Waals surface area contributed by atoms with Crippen LogP contribution < -0.4 is 5.32 Å². The summed E-state index contributed by atoms with van der Waals surface area (Å²) >= 11 is 0. The number of nitrogens with one attached hydrogen (secondary N) is 1. The van der Waals surface area contributed by atoms with Crippen LogP contribution in [0, 0.1) is 0 Å². The highest BCUT2D eigenvalue weighted by Crippen LogP contribution is 1.98. The second-order valence-corrected chi connectivity index (χ2v) is 4.14. The molecular weight excluding hydrogens is 188 g/mol. The highest BCUT2D eigenvalue weighted by molar-refractivity contribution is 4.97. The lowest BCUT2D eigenvalue weighted by molar-refractivity contribution is 0.275. The molecule has 0 spiro atoms. The Morgan fingerprint density at radius 3 is 2.73 bits per heavy atom. The van der Waals surface area contributed by atoms with Crippen LogP contribution >= 0.6 is 0 Å². The van der Waals surface area contributed by atoms with Crippen molar-refractivity contribution in [2.75, 3.05) is 20.6 Å². The normalized spacial score (nSPS) is 13.4. The molecule has 1 atom stereocenters. The number of likely N-dealkylation sites (N-methyl/N-ethyl adjacent to an activating group) is 1. The molecule has 86 valence electrons. The summed E-state index contributed by atoms with van der Waals surface area (Å²) in [6.45, 7) is 4.08. The van der Waals surface area contributed by atoms with Gasteiger partial charge in [-0.3, -0.25) is 4.68 Å². The summed E-state index contributed by atoms with van der Waals surface area (Å²) in [6, 6.07) is 2.65. The van der Waals surface area contributed by atoms with Gasteiger partial charge in [0, 0.05) is 32.4 Å². The topological polar surface area (TPSA) is 33.1 Å². The molecule has 1 N–H and O–H groups in total. The smallest absolute Gasteiger partial charge is 0.0762 e. The van der Waals surface area contributed by atoms with Crippen molar-refractivity contribution in [2.45, 2.75) is 25.9 Å². The van der Waals surface area contributed by atoms with Gasteiger partial charge < -0.3 is 10.2 Å². The molecule has 0 fully saturated rings. The maximum absolute atomic E-state index is 4.32. The van der Waals surface area contributed by atoms with Crippen molar-refractivity contribution in [2.24, 2.45) is 7.05 Å². The van der Waals surface area contributed by atoms with E-state index < -0.39 is 0 Å². The van der Waals surface area contributed by atoms with Crippen LogP contribution in [0.3, 0.4) is 0 Å². The summed E-state index contributed by atoms with van der Waals surface area (Å²) in [6.07, 6.45) is 3.14. The Morgan fingerprint density at radius 1 is 1.53 bits per heavy atom. The fourth-order valence-corrected chi connectivity index (χ4v) is 1.62. The number of hydrogen-bond donors (Lipinski definition) is 1. The van der Waals surface area contributed by atoms with Gasteiger partial charge in [-0.15, -0.1) is 0 Å². The molecule has 15 heavy (non-hydrogen) atoms. The van der Waals surface area contributed by atoms with E-state index in [4.69, 9.17) is 0 Å². The molecule has 1 aromatic heterocycles. The molecule has 0 radical (unpaired) electrons. The van der Waals surface area contributed by atoms with E-state index in [2.05, 4.69) is 36.3 Å². The number of aromatic nitrogens is 2. The monoisotopic (exact) mass is 210 g/mol. The van der Waals surface area contributed by atoms with E-state index in [1.54, 1.807) is 0 Å². The molecule has 0 aliphatic heterocycles. The maximum atomic E-state index is 4.32. The van der Waals surface area contributed by atoms with Crippen molar-refractivity contribution in [1.29, 1.82) is 0 Å². The van der Waals surface area contributed by atoms with Gasteiger partial charge in [0.25, 0.3) is 0 Å². The molecule has 0 amide bonds. The summed E-state index contributed by atoms with van der Waals surface area (Å²) in [7, 11) is 6.19. The van der Waals surface area contributed by atoms with Crippen LogP contribution in [0.5, 0.6) is 0 Å². The maximum Gasteiger partial charge on any atom is 0.0762 e. The van der Waals surface area contributed by atoms with Gasteiger partial charge in [-0.2, -0.15) is 5.10 Å². The summed E-state index contributed by atoms with van der Waals surface area (Å²) < 4.78 is 1.83. The van der Waals surface area contributed by atoms with E-state index >= 15 is 0 Å². The molecule has 0 saturated carbocycles. The highest BCUT2D eigenvalue weighted by atomic mass is 15.3. The molecule has 0 aliphatic rings. The number of rotatable bonds is 6. The van der Waals surface area contributed by atoms with Crippen LogP contribution in [0.4, 0.5) is 0 Å². The Balaban J connectivity index is 2.26. The number of hydrogen-bond acceptors (Lipinski definition) is 3. The van der Waals surface area contributed by atoms with Gasteiger partial charge in [-0.1, -0.05) is 6.92 Å². The van der Waals surface area contributed by atoms with Gasteiger partial charge in [0.1, 0.15) is 0 Å². The predicted octanol–water partition coefficient (Wildman–Crippen LogP) is 0.850. The van der Waals surface area contributed by atoms with E-state index in [1.165, 1.54) is 6.42 Å². The van der Waals surface area contributed by atoms with Gasteiger partial charge in [0.15, 0.2) is 0 Å². The van der Waals surface area contributed by atoms with Crippen LogP contribution in [-0.4, -0.2) is 41.4 Å². The fourth-order valence-electron chi connectivity index (χ4n) is 1.62. The Kier molecular flexibility index (Phi) is 4.78. The summed E-state index contributed by atoms with van der Waals surface area (Å²) in [5.74, 6) is 0. The first-order valence-corrected chi connectivity index (χ1v) is 5.49. The lowest BCUT2D eigenvalue weighted by Crippen LogP contribution is -2.37. The van der Waals surface area contributed by atoms with Crippen LogP contribution in [0.2, 0.25) is 0 Å². The first-order chi connectivity index (χ1) is 7.13. The largest absolute Gasteiger partial charge is 0.310 e. The third-order valence-electron chi connectivity index (χ3n) is 2.66. The third-order valence-corrected chi connectivity index (χ3v) is 2.66. The standard InChI is InChI=1S/C11H22N4/c1-5-11(14(2)3)9-12-8-10-6-7-15(4)13-10/h6-7,11-12H,5,8-9H2,1-4H3. The zero-order valence-electron chi connectivity index (χ0n) is 10.2. The number of aryl methyl sites for hydroxylation is 1. The zero-order chi connectivity index (χ0) is 11.3. The molecule has 4 heteroatoms. The van der Waals surface area contributed by atoms with Gasteiger partial charge in [0.05, 0.1) is 5.69 Å². The molecule has 0 saturated heterocycles. The number of nitrogens with zero attached hydrogens (tertiary/aromatic N) is 3. The van der Waals surface area contributed by atoms with E-state index in [9.17, 15) is 0 Å². The first kappa shape index (κ1) is 12.2. The molecule has 0 aliphatic carbocycles. The van der Waals surface area contributed by atoms with Crippen LogP contribution in [0.1, 0.15) is 19.0 Å². The molecule has 4 nitrogen and oxygen atoms in total. The van der Waals surface area contributed by atoms with Crippen LogP contribution in [0.15, 0.2) is 12.3 Å². The van der Waals surface area contributed by atoms with Crippen molar-refractivity contribution in [3.8, 4) is 0 Å². The highest BCUT2D eigenvalue weighted by Gasteiger charge is 2.07. The summed E-state index contributed by atoms with van der Waals surface area (Å²) in [5.41, 5.74) is 1.10. The Bertz CT molecular complexity index is 280. The van der Waals surface area contributed by atoms with Crippen molar-refractivity contribution >= 4 is 0 Å². The molecule has 0 aromatic carbocycles. The third kappa shape index (κ3) is 4.01. The second-order valence-electron chi connectivity index (χ2n) is 4.14. The van der Waals surface area contributed by atoms with Crippen LogP contribution in [0.25, 0.3) is 0 Å². The molecule has 1 heterocycles. The van der Waals surface area contributed by atoms with Crippen molar-refractivity contribution < 1.29 is 0 Å². The molecule has 1 rings (SSSR count). The van der Waals surface area contributed by atoms with Gasteiger partial charge in [0.2, 0.25) is 0 Å². The van der Waals surface area contributed by atoms with Gasteiger partial charge >= 0.3 is 0 Å². The minimum atomic E-state index is 0.605. The molecular formula is C11H22N4. The predicted molar refractivity (Wildman–Crippen MR) is 62.7 cm³/mol. The Labute approximate surface area is 92.3 Å². The molecule has 0 bridgehead atoms. The van der Waals surface area contributed by atoms with Gasteiger partial charge in [-0.05, 0) is 26.6 Å². The summed E-state index contributed by atoms with van der Waals surface area (Å²) in [4.78, 5) is 2.26. The second kappa shape index (κ2) is 5.88. The summed E-state index contributed by atoms with van der Waals surface area (Å²) in [5, 5.41) is 7.75. The Morgan fingerprint density at radius 2 is 2.27 bits per heavy atom. The molecule has 1 unspecified atom stereocenters. The fraction of sp³-hybridized carbons (Fsp3) is 0.727. The van der Waals surface area contributed by atoms with E-state index in [0.29, 0.717) is 6.04 Å². The van der Waals surface area contributed by atoms with E-state index in [0.717, 1.165) is 18.8 Å². The van der Waals surface area contributed by atoms with Crippen molar-refractivity contribution in [3.63, 3.8) is 0 Å². The van der Waals surface area contributed by atoms with Gasteiger partial charge in [-0.25, -0.2) is 0 Å². The van der Waals surface area contributed by atoms with Crippen molar-refractivity contribution in [1.82, 2.24) is 20.0 Å². The average molecular weight is 210 g/mol. The minimum Gasteiger partial charge on any atom is -0.310 e. The first-order valence-electron chi connectivity index (χ1n) is 5.49. The quantitative estimate of drug-likeness (QED) is 0.755. The SMILES string of the molecule is CCC(CNCc1ccn(C)n1)N(C)C. The molecule has 1 aromatic rings. The lowest BCUT2D eigenvalue weighted by Gasteiger charge is -2.22. The minimum absolute atomic E-state index is 0.605.